The molecule has 0 atom stereocenters. The number of hydrogen-bond acceptors (Lipinski definition) is 5. The summed E-state index contributed by atoms with van der Waals surface area (Å²) in [7, 11) is 3.42. The molecule has 1 aromatic heterocycles. The second-order valence-electron chi connectivity index (χ2n) is 2.36. The van der Waals surface area contributed by atoms with Crippen molar-refractivity contribution in [2.45, 2.75) is 12.8 Å². The van der Waals surface area contributed by atoms with Gasteiger partial charge < -0.3 is 14.6 Å². The van der Waals surface area contributed by atoms with Crippen molar-refractivity contribution in [3.8, 4) is 0 Å². The predicted octanol–water partition coefficient (Wildman–Crippen LogP) is 0.690. The minimum Gasteiger partial charge on any atom is -0.385 e. The summed E-state index contributed by atoms with van der Waals surface area (Å²) in [5.74, 6) is 0.719. The summed E-state index contributed by atoms with van der Waals surface area (Å²) < 4.78 is 9.73. The minimum atomic E-state index is 0.461. The number of rotatable bonds is 5. The van der Waals surface area contributed by atoms with Crippen molar-refractivity contribution in [1.82, 2.24) is 10.1 Å². The summed E-state index contributed by atoms with van der Waals surface area (Å²) in [6, 6.07) is 0.461. The van der Waals surface area contributed by atoms with Crippen LogP contribution in [0.25, 0.3) is 0 Å². The van der Waals surface area contributed by atoms with Crippen molar-refractivity contribution in [3.63, 3.8) is 0 Å². The molecule has 1 rings (SSSR count). The molecule has 0 aliphatic heterocycles. The first-order valence-corrected chi connectivity index (χ1v) is 3.86. The average molecular weight is 171 g/mol. The van der Waals surface area contributed by atoms with Crippen LogP contribution in [0.3, 0.4) is 0 Å². The Labute approximate surface area is 71.1 Å². The summed E-state index contributed by atoms with van der Waals surface area (Å²) in [6.45, 7) is 0.726. The fourth-order valence-electron chi connectivity index (χ4n) is 0.832. The Morgan fingerprint density at radius 1 is 1.58 bits per heavy atom. The monoisotopic (exact) mass is 171 g/mol. The Morgan fingerprint density at radius 3 is 3.00 bits per heavy atom. The molecule has 0 bridgehead atoms. The molecule has 0 spiro atoms. The lowest BCUT2D eigenvalue weighted by Crippen LogP contribution is -1.94. The van der Waals surface area contributed by atoms with Gasteiger partial charge in [-0.3, -0.25) is 0 Å². The third-order valence-electron chi connectivity index (χ3n) is 1.43. The molecule has 68 valence electrons. The van der Waals surface area contributed by atoms with E-state index in [1.165, 1.54) is 0 Å². The lowest BCUT2D eigenvalue weighted by atomic mass is 10.3. The first-order valence-electron chi connectivity index (χ1n) is 3.86. The Morgan fingerprint density at radius 2 is 2.42 bits per heavy atom. The number of ether oxygens (including phenoxy) is 1. The first-order chi connectivity index (χ1) is 5.86. The molecule has 12 heavy (non-hydrogen) atoms. The number of aryl methyl sites for hydroxylation is 1. The topological polar surface area (TPSA) is 60.2 Å². The number of nitrogens with one attached hydrogen (secondary N) is 1. The van der Waals surface area contributed by atoms with Crippen LogP contribution >= 0.6 is 0 Å². The van der Waals surface area contributed by atoms with E-state index in [0.29, 0.717) is 6.01 Å². The van der Waals surface area contributed by atoms with Crippen LogP contribution in [0.1, 0.15) is 12.2 Å². The fraction of sp³-hybridized carbons (Fsp3) is 0.714. The highest BCUT2D eigenvalue weighted by Gasteiger charge is 2.02. The van der Waals surface area contributed by atoms with E-state index >= 15 is 0 Å². The Hall–Kier alpha value is -1.10. The van der Waals surface area contributed by atoms with Gasteiger partial charge in [0.2, 0.25) is 0 Å². The van der Waals surface area contributed by atoms with Crippen molar-refractivity contribution < 1.29 is 9.26 Å². The van der Waals surface area contributed by atoms with E-state index in [2.05, 4.69) is 15.5 Å². The lowest BCUT2D eigenvalue weighted by molar-refractivity contribution is 0.194. The smallest absolute Gasteiger partial charge is 0.321 e. The normalized spacial score (nSPS) is 10.2. The molecule has 0 saturated carbocycles. The molecule has 5 heteroatoms. The maximum Gasteiger partial charge on any atom is 0.321 e. The van der Waals surface area contributed by atoms with Gasteiger partial charge in [0.15, 0.2) is 5.82 Å². The summed E-state index contributed by atoms with van der Waals surface area (Å²) in [5, 5.41) is 6.52. The quantitative estimate of drug-likeness (QED) is 0.660. The molecule has 1 aromatic rings. The zero-order chi connectivity index (χ0) is 8.81. The zero-order valence-electron chi connectivity index (χ0n) is 7.33. The Bertz CT molecular complexity index is 224. The molecule has 1 N–H and O–H groups in total. The second-order valence-corrected chi connectivity index (χ2v) is 2.36. The van der Waals surface area contributed by atoms with Crippen LogP contribution in [-0.2, 0) is 11.2 Å². The van der Waals surface area contributed by atoms with Crippen LogP contribution in [-0.4, -0.2) is 30.9 Å². The van der Waals surface area contributed by atoms with Crippen molar-refractivity contribution in [3.05, 3.63) is 5.82 Å². The molecule has 0 unspecified atom stereocenters. The number of hydrogen-bond donors (Lipinski definition) is 1. The SMILES string of the molecule is CNc1nc(CCCOC)no1. The van der Waals surface area contributed by atoms with E-state index in [4.69, 9.17) is 9.26 Å². The third kappa shape index (κ3) is 2.50. The van der Waals surface area contributed by atoms with Gasteiger partial charge in [-0.05, 0) is 6.42 Å². The van der Waals surface area contributed by atoms with Gasteiger partial charge >= 0.3 is 6.01 Å². The lowest BCUT2D eigenvalue weighted by Gasteiger charge is -1.92. The highest BCUT2D eigenvalue weighted by molar-refractivity contribution is 5.15. The van der Waals surface area contributed by atoms with E-state index in [0.717, 1.165) is 25.3 Å². The van der Waals surface area contributed by atoms with Crippen LogP contribution in [0.4, 0.5) is 6.01 Å². The highest BCUT2D eigenvalue weighted by Crippen LogP contribution is 2.03. The summed E-state index contributed by atoms with van der Waals surface area (Å²) in [4.78, 5) is 4.06. The molecule has 0 aliphatic carbocycles. The minimum absolute atomic E-state index is 0.461. The van der Waals surface area contributed by atoms with Gasteiger partial charge in [-0.2, -0.15) is 4.98 Å². The maximum absolute atomic E-state index is 4.89. The van der Waals surface area contributed by atoms with E-state index in [1.807, 2.05) is 0 Å². The van der Waals surface area contributed by atoms with Crippen LogP contribution in [0.5, 0.6) is 0 Å². The van der Waals surface area contributed by atoms with Gasteiger partial charge in [-0.1, -0.05) is 5.16 Å². The summed E-state index contributed by atoms with van der Waals surface area (Å²) in [5.41, 5.74) is 0. The Kier molecular flexibility index (Phi) is 3.53. The molecule has 1 heterocycles. The van der Waals surface area contributed by atoms with Crippen LogP contribution < -0.4 is 5.32 Å². The van der Waals surface area contributed by atoms with Crippen LogP contribution in [0.15, 0.2) is 4.52 Å². The molecule has 5 nitrogen and oxygen atoms in total. The van der Waals surface area contributed by atoms with Gasteiger partial charge in [-0.15, -0.1) is 0 Å². The number of methoxy groups -OCH3 is 1. The van der Waals surface area contributed by atoms with Gasteiger partial charge in [-0.25, -0.2) is 0 Å². The molecule has 0 aliphatic rings. The molecular weight excluding hydrogens is 158 g/mol. The average Bonchev–Trinajstić information content (AvgIpc) is 2.53. The number of anilines is 1. The highest BCUT2D eigenvalue weighted by atomic mass is 16.5. The van der Waals surface area contributed by atoms with Gasteiger partial charge in [0.05, 0.1) is 0 Å². The van der Waals surface area contributed by atoms with Crippen molar-refractivity contribution >= 4 is 6.01 Å². The maximum atomic E-state index is 4.89. The summed E-state index contributed by atoms with van der Waals surface area (Å²) in [6.07, 6.45) is 1.71. The van der Waals surface area contributed by atoms with Crippen molar-refractivity contribution in [2.75, 3.05) is 26.1 Å². The Balaban J connectivity index is 2.31. The van der Waals surface area contributed by atoms with Crippen LogP contribution in [0, 0.1) is 0 Å². The number of aromatic nitrogens is 2. The van der Waals surface area contributed by atoms with Crippen molar-refractivity contribution in [1.29, 1.82) is 0 Å². The predicted molar refractivity (Wildman–Crippen MR) is 44.0 cm³/mol. The van der Waals surface area contributed by atoms with E-state index < -0.39 is 0 Å². The van der Waals surface area contributed by atoms with Crippen LogP contribution in [0.2, 0.25) is 0 Å². The van der Waals surface area contributed by atoms with Gasteiger partial charge in [0.1, 0.15) is 0 Å². The van der Waals surface area contributed by atoms with Gasteiger partial charge in [0, 0.05) is 27.2 Å². The molecule has 0 saturated heterocycles. The van der Waals surface area contributed by atoms with E-state index in [1.54, 1.807) is 14.2 Å². The third-order valence-corrected chi connectivity index (χ3v) is 1.43. The summed E-state index contributed by atoms with van der Waals surface area (Å²) >= 11 is 0. The zero-order valence-corrected chi connectivity index (χ0v) is 7.33. The van der Waals surface area contributed by atoms with E-state index in [-0.39, 0.29) is 0 Å². The first kappa shape index (κ1) is 8.99. The fourth-order valence-corrected chi connectivity index (χ4v) is 0.832. The molecule has 0 aromatic carbocycles. The van der Waals surface area contributed by atoms with E-state index in [9.17, 15) is 0 Å². The largest absolute Gasteiger partial charge is 0.385 e. The molecule has 0 radical (unpaired) electrons. The molecule has 0 amide bonds. The van der Waals surface area contributed by atoms with Gasteiger partial charge in [0.25, 0.3) is 0 Å². The van der Waals surface area contributed by atoms with Crippen molar-refractivity contribution in [2.24, 2.45) is 0 Å². The standard InChI is InChI=1S/C7H13N3O2/c1-8-7-9-6(10-12-7)4-3-5-11-2/h3-5H2,1-2H3,(H,8,9,10). The molecular formula is C7H13N3O2. The molecule has 0 fully saturated rings. The second kappa shape index (κ2) is 4.71. The number of nitrogens with zero attached hydrogens (tertiary/aromatic N) is 2.